The molecule has 3 nitrogen and oxygen atoms in total. The minimum Gasteiger partial charge on any atom is -0.354 e. The summed E-state index contributed by atoms with van der Waals surface area (Å²) < 4.78 is 0. The summed E-state index contributed by atoms with van der Waals surface area (Å²) in [5.41, 5.74) is 5.49. The summed E-state index contributed by atoms with van der Waals surface area (Å²) in [6.07, 6.45) is 11.6. The Morgan fingerprint density at radius 1 is 1.08 bits per heavy atom. The molecule has 1 heterocycles. The van der Waals surface area contributed by atoms with Crippen LogP contribution < -0.4 is 10.6 Å². The van der Waals surface area contributed by atoms with Crippen LogP contribution in [-0.4, -0.2) is 18.6 Å². The highest BCUT2D eigenvalue weighted by atomic mass is 14.9. The minimum atomic E-state index is 0.331. The fourth-order valence-electron chi connectivity index (χ4n) is 4.12. The number of hydrogen-bond acceptors (Lipinski definition) is 3. The molecule has 0 unspecified atom stereocenters. The first kappa shape index (κ1) is 17.0. The van der Waals surface area contributed by atoms with Crippen molar-refractivity contribution in [2.75, 3.05) is 18.9 Å². The lowest BCUT2D eigenvalue weighted by molar-refractivity contribution is 0.271. The molecule has 0 aliphatic heterocycles. The first-order chi connectivity index (χ1) is 11.7. The lowest BCUT2D eigenvalue weighted by Crippen LogP contribution is -2.33. The van der Waals surface area contributed by atoms with Crippen LogP contribution in [-0.2, 0) is 5.41 Å². The second kappa shape index (κ2) is 7.80. The third-order valence-corrected chi connectivity index (χ3v) is 5.42. The number of nitrogens with zero attached hydrogens (tertiary/aromatic N) is 1. The van der Waals surface area contributed by atoms with Gasteiger partial charge in [-0.05, 0) is 80.6 Å². The van der Waals surface area contributed by atoms with Crippen LogP contribution in [0.1, 0.15) is 49.7 Å². The van der Waals surface area contributed by atoms with Crippen molar-refractivity contribution in [3.8, 4) is 0 Å². The zero-order valence-corrected chi connectivity index (χ0v) is 14.9. The molecule has 24 heavy (non-hydrogen) atoms. The second-order valence-electron chi connectivity index (χ2n) is 7.09. The van der Waals surface area contributed by atoms with E-state index in [2.05, 4.69) is 53.9 Å². The van der Waals surface area contributed by atoms with Crippen LogP contribution in [0.4, 0.5) is 11.4 Å². The molecule has 1 saturated carbocycles. The normalized spacial score (nSPS) is 16.8. The van der Waals surface area contributed by atoms with Crippen molar-refractivity contribution in [3.63, 3.8) is 0 Å². The first-order valence-electron chi connectivity index (χ1n) is 9.16. The van der Waals surface area contributed by atoms with Crippen LogP contribution in [0.15, 0.2) is 42.7 Å². The van der Waals surface area contributed by atoms with Gasteiger partial charge in [0.2, 0.25) is 0 Å². The Morgan fingerprint density at radius 3 is 2.62 bits per heavy atom. The highest BCUT2D eigenvalue weighted by molar-refractivity contribution is 5.61. The van der Waals surface area contributed by atoms with E-state index in [0.717, 1.165) is 17.9 Å². The van der Waals surface area contributed by atoms with E-state index in [0.29, 0.717) is 5.41 Å². The van der Waals surface area contributed by atoms with E-state index in [1.807, 2.05) is 12.3 Å². The van der Waals surface area contributed by atoms with Gasteiger partial charge < -0.3 is 10.6 Å². The van der Waals surface area contributed by atoms with Gasteiger partial charge in [0, 0.05) is 11.9 Å². The summed E-state index contributed by atoms with van der Waals surface area (Å²) in [5, 5.41) is 6.87. The predicted octanol–water partition coefficient (Wildman–Crippen LogP) is 4.95. The number of benzene rings is 1. The van der Waals surface area contributed by atoms with Gasteiger partial charge in [0.05, 0.1) is 11.9 Å². The Balaban J connectivity index is 1.91. The molecule has 1 fully saturated rings. The summed E-state index contributed by atoms with van der Waals surface area (Å²) in [5.74, 6) is 0. The second-order valence-corrected chi connectivity index (χ2v) is 7.09. The van der Waals surface area contributed by atoms with Crippen molar-refractivity contribution in [2.24, 2.45) is 0 Å². The largest absolute Gasteiger partial charge is 0.354 e. The van der Waals surface area contributed by atoms with Gasteiger partial charge in [0.1, 0.15) is 0 Å². The van der Waals surface area contributed by atoms with Gasteiger partial charge in [-0.3, -0.25) is 4.98 Å². The molecular formula is C21H29N3. The van der Waals surface area contributed by atoms with Gasteiger partial charge in [-0.15, -0.1) is 0 Å². The van der Waals surface area contributed by atoms with Crippen molar-refractivity contribution >= 4 is 11.4 Å². The summed E-state index contributed by atoms with van der Waals surface area (Å²) in [4.78, 5) is 4.19. The Kier molecular flexibility index (Phi) is 5.52. The Hall–Kier alpha value is -1.87. The van der Waals surface area contributed by atoms with Crippen LogP contribution in [0.5, 0.6) is 0 Å². The smallest absolute Gasteiger partial charge is 0.0570 e. The van der Waals surface area contributed by atoms with Crippen molar-refractivity contribution in [1.29, 1.82) is 0 Å². The molecule has 0 saturated heterocycles. The van der Waals surface area contributed by atoms with E-state index in [1.165, 1.54) is 49.7 Å². The summed E-state index contributed by atoms with van der Waals surface area (Å²) in [7, 11) is 2.06. The number of anilines is 2. The first-order valence-corrected chi connectivity index (χ1v) is 9.16. The fraction of sp³-hybridized carbons (Fsp3) is 0.476. The topological polar surface area (TPSA) is 37.0 Å². The van der Waals surface area contributed by atoms with E-state index in [-0.39, 0.29) is 0 Å². The molecule has 128 valence electrons. The Morgan fingerprint density at radius 2 is 1.92 bits per heavy atom. The van der Waals surface area contributed by atoms with Crippen molar-refractivity contribution in [2.45, 2.75) is 50.9 Å². The fourth-order valence-corrected chi connectivity index (χ4v) is 4.12. The molecular weight excluding hydrogens is 294 g/mol. The SMILES string of the molecule is CNCCC1(c2cc(Nc3cccnc3)ccc2C)CCCCC1. The molecule has 3 rings (SSSR count). The zero-order valence-electron chi connectivity index (χ0n) is 14.9. The molecule has 0 amide bonds. The Labute approximate surface area is 145 Å². The molecule has 1 aromatic carbocycles. The van der Waals surface area contributed by atoms with Crippen molar-refractivity contribution < 1.29 is 0 Å². The predicted molar refractivity (Wildman–Crippen MR) is 102 cm³/mol. The van der Waals surface area contributed by atoms with E-state index in [1.54, 1.807) is 6.20 Å². The average molecular weight is 323 g/mol. The van der Waals surface area contributed by atoms with Crippen LogP contribution in [0.2, 0.25) is 0 Å². The number of pyridine rings is 1. The number of hydrogen-bond donors (Lipinski definition) is 2. The van der Waals surface area contributed by atoms with Crippen LogP contribution in [0.3, 0.4) is 0 Å². The minimum absolute atomic E-state index is 0.331. The zero-order chi connectivity index (χ0) is 16.8. The maximum atomic E-state index is 4.19. The van der Waals surface area contributed by atoms with Gasteiger partial charge in [-0.2, -0.15) is 0 Å². The molecule has 0 atom stereocenters. The summed E-state index contributed by atoms with van der Waals surface area (Å²) >= 11 is 0. The van der Waals surface area contributed by atoms with Gasteiger partial charge >= 0.3 is 0 Å². The summed E-state index contributed by atoms with van der Waals surface area (Å²) in [6, 6.07) is 10.9. The maximum Gasteiger partial charge on any atom is 0.0570 e. The number of aryl methyl sites for hydroxylation is 1. The van der Waals surface area contributed by atoms with Gasteiger partial charge in [-0.1, -0.05) is 25.3 Å². The van der Waals surface area contributed by atoms with Crippen LogP contribution in [0.25, 0.3) is 0 Å². The van der Waals surface area contributed by atoms with Gasteiger partial charge in [0.25, 0.3) is 0 Å². The summed E-state index contributed by atoms with van der Waals surface area (Å²) in [6.45, 7) is 3.35. The highest BCUT2D eigenvalue weighted by Crippen LogP contribution is 2.44. The molecule has 1 aliphatic rings. The van der Waals surface area contributed by atoms with Crippen molar-refractivity contribution in [1.82, 2.24) is 10.3 Å². The Bertz CT molecular complexity index is 645. The van der Waals surface area contributed by atoms with E-state index < -0.39 is 0 Å². The van der Waals surface area contributed by atoms with Gasteiger partial charge in [0.15, 0.2) is 0 Å². The van der Waals surface area contributed by atoms with E-state index in [9.17, 15) is 0 Å². The molecule has 0 radical (unpaired) electrons. The van der Waals surface area contributed by atoms with Crippen LogP contribution in [0, 0.1) is 6.92 Å². The lowest BCUT2D eigenvalue weighted by Gasteiger charge is -2.39. The van der Waals surface area contributed by atoms with E-state index in [4.69, 9.17) is 0 Å². The third-order valence-electron chi connectivity index (χ3n) is 5.42. The van der Waals surface area contributed by atoms with E-state index >= 15 is 0 Å². The molecule has 1 aliphatic carbocycles. The maximum absolute atomic E-state index is 4.19. The third kappa shape index (κ3) is 3.78. The number of rotatable bonds is 6. The molecule has 2 N–H and O–H groups in total. The molecule has 1 aromatic heterocycles. The van der Waals surface area contributed by atoms with Gasteiger partial charge in [-0.25, -0.2) is 0 Å². The quantitative estimate of drug-likeness (QED) is 0.790. The standard InChI is InChI=1S/C21H29N3/c1-17-8-9-18(24-19-7-6-13-23-16-19)15-20(17)21(12-14-22-2)10-4-3-5-11-21/h6-9,13,15-16,22,24H,3-5,10-12,14H2,1-2H3. The molecule has 2 aromatic rings. The molecule has 0 spiro atoms. The lowest BCUT2D eigenvalue weighted by atomic mass is 9.66. The molecule has 3 heteroatoms. The monoisotopic (exact) mass is 323 g/mol. The number of aromatic nitrogens is 1. The average Bonchev–Trinajstić information content (AvgIpc) is 2.63. The highest BCUT2D eigenvalue weighted by Gasteiger charge is 2.34. The van der Waals surface area contributed by atoms with Crippen LogP contribution >= 0.6 is 0 Å². The number of nitrogens with one attached hydrogen (secondary N) is 2. The molecule has 0 bridgehead atoms. The van der Waals surface area contributed by atoms with Crippen molar-refractivity contribution in [3.05, 3.63) is 53.9 Å².